The van der Waals surface area contributed by atoms with Gasteiger partial charge in [0.2, 0.25) is 0 Å². The second kappa shape index (κ2) is 6.72. The lowest BCUT2D eigenvalue weighted by Gasteiger charge is -2.07. The molecule has 0 spiro atoms. The number of aromatic nitrogens is 3. The number of hydrogen-bond donors (Lipinski definition) is 0. The molecular formula is C19H13ClFN3. The number of para-hydroxylation sites is 1. The van der Waals surface area contributed by atoms with Gasteiger partial charge in [0.05, 0.1) is 16.2 Å². The van der Waals surface area contributed by atoms with Gasteiger partial charge in [-0.15, -0.1) is 0 Å². The Bertz CT molecular complexity index is 979. The molecule has 5 heteroatoms. The first-order chi connectivity index (χ1) is 11.6. The van der Waals surface area contributed by atoms with E-state index in [-0.39, 0.29) is 10.6 Å². The minimum atomic E-state index is -0.657. The molecule has 0 unspecified atom stereocenters. The third kappa shape index (κ3) is 3.09. The van der Waals surface area contributed by atoms with Crippen LogP contribution in [0.3, 0.4) is 0 Å². The van der Waals surface area contributed by atoms with Gasteiger partial charge in [-0.25, -0.2) is 19.3 Å². The molecule has 2 aromatic heterocycles. The average Bonchev–Trinajstić information content (AvgIpc) is 2.62. The number of fused-ring (bicyclic) bond motifs is 1. The topological polar surface area (TPSA) is 38.7 Å². The normalized spacial score (nSPS) is 11.9. The van der Waals surface area contributed by atoms with Crippen molar-refractivity contribution in [3.8, 4) is 11.5 Å². The third-order valence-electron chi connectivity index (χ3n) is 3.42. The van der Waals surface area contributed by atoms with Crippen LogP contribution in [0.5, 0.6) is 0 Å². The highest BCUT2D eigenvalue weighted by Gasteiger charge is 2.12. The lowest BCUT2D eigenvalue weighted by molar-refractivity contribution is 0.666. The predicted octanol–water partition coefficient (Wildman–Crippen LogP) is 5.31. The summed E-state index contributed by atoms with van der Waals surface area (Å²) < 4.78 is 14.1. The van der Waals surface area contributed by atoms with Crippen LogP contribution in [-0.4, -0.2) is 15.0 Å². The van der Waals surface area contributed by atoms with Crippen molar-refractivity contribution >= 4 is 28.1 Å². The number of benzene rings is 1. The molecule has 3 nitrogen and oxygen atoms in total. The van der Waals surface area contributed by atoms with Crippen LogP contribution in [0, 0.1) is 0 Å². The molecule has 3 rings (SSSR count). The standard InChI is InChI=1S/C19H13ClFN3/c1-3-14(18(21)12(2)20)16-9-6-10-17(23-16)19-22-11-13-7-4-5-8-15(13)24-19/h3-11H,1-2H2/b18-14-. The second-order valence-corrected chi connectivity index (χ2v) is 5.45. The zero-order valence-corrected chi connectivity index (χ0v) is 13.5. The van der Waals surface area contributed by atoms with Crippen LogP contribution in [0.2, 0.25) is 0 Å². The Kier molecular flexibility index (Phi) is 4.49. The fraction of sp³-hybridized carbons (Fsp3) is 0. The Morgan fingerprint density at radius 2 is 1.88 bits per heavy atom. The summed E-state index contributed by atoms with van der Waals surface area (Å²) in [5.41, 5.74) is 1.91. The maximum atomic E-state index is 14.1. The molecule has 0 amide bonds. The number of pyridine rings is 1. The van der Waals surface area contributed by atoms with Crippen molar-refractivity contribution in [2.24, 2.45) is 0 Å². The molecule has 3 aromatic rings. The first-order valence-electron chi connectivity index (χ1n) is 7.16. The Hall–Kier alpha value is -2.85. The van der Waals surface area contributed by atoms with Gasteiger partial charge in [-0.1, -0.05) is 55.1 Å². The van der Waals surface area contributed by atoms with Gasteiger partial charge in [0, 0.05) is 17.2 Å². The van der Waals surface area contributed by atoms with Crippen LogP contribution in [-0.2, 0) is 0 Å². The van der Waals surface area contributed by atoms with Crippen molar-refractivity contribution in [2.45, 2.75) is 0 Å². The number of nitrogens with zero attached hydrogens (tertiary/aromatic N) is 3. The minimum Gasteiger partial charge on any atom is -0.244 e. The van der Waals surface area contributed by atoms with Crippen molar-refractivity contribution in [3.05, 3.63) is 84.4 Å². The van der Waals surface area contributed by atoms with Gasteiger partial charge in [-0.2, -0.15) is 0 Å². The summed E-state index contributed by atoms with van der Waals surface area (Å²) in [6, 6.07) is 12.8. The maximum Gasteiger partial charge on any atom is 0.178 e. The lowest BCUT2D eigenvalue weighted by atomic mass is 10.1. The van der Waals surface area contributed by atoms with Crippen molar-refractivity contribution in [1.29, 1.82) is 0 Å². The highest BCUT2D eigenvalue weighted by Crippen LogP contribution is 2.27. The summed E-state index contributed by atoms with van der Waals surface area (Å²) in [6.45, 7) is 7.01. The van der Waals surface area contributed by atoms with Gasteiger partial charge in [-0.05, 0) is 18.2 Å². The number of hydrogen-bond acceptors (Lipinski definition) is 3. The zero-order valence-electron chi connectivity index (χ0n) is 12.7. The van der Waals surface area contributed by atoms with Crippen LogP contribution in [0.4, 0.5) is 4.39 Å². The molecule has 24 heavy (non-hydrogen) atoms. The quantitative estimate of drug-likeness (QED) is 0.605. The molecule has 0 saturated heterocycles. The Morgan fingerprint density at radius 1 is 1.08 bits per heavy atom. The van der Waals surface area contributed by atoms with Gasteiger partial charge < -0.3 is 0 Å². The van der Waals surface area contributed by atoms with Gasteiger partial charge in [-0.3, -0.25) is 0 Å². The molecular weight excluding hydrogens is 325 g/mol. The molecule has 0 atom stereocenters. The summed E-state index contributed by atoms with van der Waals surface area (Å²) >= 11 is 5.65. The molecule has 0 aliphatic rings. The SMILES string of the molecule is C=C/C(=C(/F)C(=C)Cl)c1cccc(-c2ncc3ccccc3n2)n1. The summed E-state index contributed by atoms with van der Waals surface area (Å²) in [4.78, 5) is 13.3. The van der Waals surface area contributed by atoms with Crippen LogP contribution in [0.1, 0.15) is 5.69 Å². The van der Waals surface area contributed by atoms with Crippen molar-refractivity contribution in [3.63, 3.8) is 0 Å². The van der Waals surface area contributed by atoms with E-state index in [1.54, 1.807) is 24.4 Å². The van der Waals surface area contributed by atoms with Gasteiger partial charge >= 0.3 is 0 Å². The van der Waals surface area contributed by atoms with E-state index < -0.39 is 5.83 Å². The van der Waals surface area contributed by atoms with Gasteiger partial charge in [0.15, 0.2) is 11.7 Å². The number of rotatable bonds is 4. The molecule has 118 valence electrons. The summed E-state index contributed by atoms with van der Waals surface area (Å²) in [5.74, 6) is -0.195. The van der Waals surface area contributed by atoms with E-state index in [4.69, 9.17) is 11.6 Å². The fourth-order valence-corrected chi connectivity index (χ4v) is 2.36. The van der Waals surface area contributed by atoms with Crippen LogP contribution in [0.25, 0.3) is 28.0 Å². The molecule has 0 N–H and O–H groups in total. The zero-order chi connectivity index (χ0) is 17.1. The number of allylic oxidation sites excluding steroid dienone is 4. The van der Waals surface area contributed by atoms with Gasteiger partial charge in [0.1, 0.15) is 5.69 Å². The Balaban J connectivity index is 2.11. The third-order valence-corrected chi connectivity index (χ3v) is 3.59. The molecule has 0 saturated carbocycles. The van der Waals surface area contributed by atoms with E-state index in [2.05, 4.69) is 28.1 Å². The van der Waals surface area contributed by atoms with Crippen molar-refractivity contribution in [2.75, 3.05) is 0 Å². The summed E-state index contributed by atoms with van der Waals surface area (Å²) in [6.07, 6.45) is 3.09. The van der Waals surface area contributed by atoms with E-state index in [0.29, 0.717) is 17.2 Å². The molecule has 0 bridgehead atoms. The molecule has 0 radical (unpaired) electrons. The summed E-state index contributed by atoms with van der Waals surface area (Å²) in [7, 11) is 0. The highest BCUT2D eigenvalue weighted by molar-refractivity contribution is 6.32. The second-order valence-electron chi connectivity index (χ2n) is 5.00. The summed E-state index contributed by atoms with van der Waals surface area (Å²) in [5, 5.41) is 0.743. The maximum absolute atomic E-state index is 14.1. The first-order valence-corrected chi connectivity index (χ1v) is 7.54. The van der Waals surface area contributed by atoms with Crippen molar-refractivity contribution < 1.29 is 4.39 Å². The van der Waals surface area contributed by atoms with E-state index in [0.717, 1.165) is 10.9 Å². The molecule has 0 aliphatic carbocycles. The molecule has 0 fully saturated rings. The van der Waals surface area contributed by atoms with E-state index in [9.17, 15) is 4.39 Å². The van der Waals surface area contributed by atoms with Crippen molar-refractivity contribution in [1.82, 2.24) is 15.0 Å². The van der Waals surface area contributed by atoms with Crippen LogP contribution in [0.15, 0.2) is 78.8 Å². The highest BCUT2D eigenvalue weighted by atomic mass is 35.5. The molecule has 2 heterocycles. The number of halogens is 2. The first kappa shape index (κ1) is 16.0. The van der Waals surface area contributed by atoms with Gasteiger partial charge in [0.25, 0.3) is 0 Å². The molecule has 0 aliphatic heterocycles. The predicted molar refractivity (Wildman–Crippen MR) is 96.0 cm³/mol. The smallest absolute Gasteiger partial charge is 0.178 e. The Labute approximate surface area is 143 Å². The van der Waals surface area contributed by atoms with E-state index in [1.807, 2.05) is 24.3 Å². The largest absolute Gasteiger partial charge is 0.244 e. The van der Waals surface area contributed by atoms with Crippen LogP contribution >= 0.6 is 11.6 Å². The lowest BCUT2D eigenvalue weighted by Crippen LogP contribution is -1.96. The van der Waals surface area contributed by atoms with E-state index in [1.165, 1.54) is 6.08 Å². The average molecular weight is 338 g/mol. The van der Waals surface area contributed by atoms with E-state index >= 15 is 0 Å². The van der Waals surface area contributed by atoms with Crippen LogP contribution < -0.4 is 0 Å². The monoisotopic (exact) mass is 337 g/mol. The fourth-order valence-electron chi connectivity index (χ4n) is 2.26. The Morgan fingerprint density at radius 3 is 2.62 bits per heavy atom. The molecule has 1 aromatic carbocycles. The minimum absolute atomic E-state index is 0.178.